The van der Waals surface area contributed by atoms with Crippen molar-refractivity contribution in [1.29, 1.82) is 0 Å². The number of thiophene rings is 1. The summed E-state index contributed by atoms with van der Waals surface area (Å²) in [4.78, 5) is 13.1. The lowest BCUT2D eigenvalue weighted by Crippen LogP contribution is -2.27. The first kappa shape index (κ1) is 14.4. The van der Waals surface area contributed by atoms with Crippen molar-refractivity contribution in [3.8, 4) is 0 Å². The molecule has 1 heterocycles. The minimum absolute atomic E-state index is 0.0126. The lowest BCUT2D eigenvalue weighted by molar-refractivity contribution is -0.121. The van der Waals surface area contributed by atoms with Crippen molar-refractivity contribution >= 4 is 40.4 Å². The largest absolute Gasteiger partial charge is 0.348 e. The molecule has 0 bridgehead atoms. The van der Waals surface area contributed by atoms with Crippen LogP contribution in [0, 0.1) is 0 Å². The first-order valence-corrected chi connectivity index (χ1v) is 7.46. The molecular formula is C14H13Cl2NOS. The van der Waals surface area contributed by atoms with Gasteiger partial charge in [-0.05, 0) is 36.1 Å². The Labute approximate surface area is 126 Å². The molecule has 100 valence electrons. The highest BCUT2D eigenvalue weighted by Crippen LogP contribution is 2.22. The fraction of sp³-hybridized carbons (Fsp3) is 0.214. The van der Waals surface area contributed by atoms with Crippen molar-refractivity contribution in [2.24, 2.45) is 0 Å². The summed E-state index contributed by atoms with van der Waals surface area (Å²) in [5.41, 5.74) is 0.780. The smallest absolute Gasteiger partial charge is 0.224 e. The van der Waals surface area contributed by atoms with Crippen LogP contribution < -0.4 is 5.32 Å². The number of halogens is 2. The van der Waals surface area contributed by atoms with Gasteiger partial charge in [0.2, 0.25) is 5.91 Å². The van der Waals surface area contributed by atoms with Crippen LogP contribution in [0.2, 0.25) is 10.0 Å². The second-order valence-electron chi connectivity index (χ2n) is 4.22. The predicted octanol–water partition coefficient (Wildman–Crippen LogP) is 4.47. The Morgan fingerprint density at radius 1 is 1.37 bits per heavy atom. The number of hydrogen-bond donors (Lipinski definition) is 1. The molecule has 1 atom stereocenters. The highest BCUT2D eigenvalue weighted by Gasteiger charge is 2.12. The summed E-state index contributed by atoms with van der Waals surface area (Å²) >= 11 is 13.5. The molecule has 0 unspecified atom stereocenters. The van der Waals surface area contributed by atoms with E-state index in [0.717, 1.165) is 10.4 Å². The van der Waals surface area contributed by atoms with Crippen molar-refractivity contribution in [3.63, 3.8) is 0 Å². The van der Waals surface area contributed by atoms with Gasteiger partial charge < -0.3 is 5.32 Å². The van der Waals surface area contributed by atoms with Crippen molar-refractivity contribution in [3.05, 3.63) is 56.2 Å². The Bertz CT molecular complexity index is 569. The molecule has 1 aromatic carbocycles. The number of hydrogen-bond acceptors (Lipinski definition) is 2. The molecule has 0 aliphatic rings. The molecule has 1 N–H and O–H groups in total. The summed E-state index contributed by atoms with van der Waals surface area (Å²) in [6.07, 6.45) is 0.256. The number of nitrogens with one attached hydrogen (secondary N) is 1. The second-order valence-corrected chi connectivity index (χ2v) is 6.04. The monoisotopic (exact) mass is 313 g/mol. The SMILES string of the molecule is C[C@@H](NC(=O)Cc1ccc(Cl)cc1Cl)c1cccs1. The van der Waals surface area contributed by atoms with Gasteiger partial charge in [0.1, 0.15) is 0 Å². The minimum Gasteiger partial charge on any atom is -0.348 e. The van der Waals surface area contributed by atoms with E-state index in [2.05, 4.69) is 5.32 Å². The van der Waals surface area contributed by atoms with E-state index < -0.39 is 0 Å². The predicted molar refractivity (Wildman–Crippen MR) is 81.0 cm³/mol. The van der Waals surface area contributed by atoms with E-state index >= 15 is 0 Å². The van der Waals surface area contributed by atoms with E-state index in [9.17, 15) is 4.79 Å². The topological polar surface area (TPSA) is 29.1 Å². The van der Waals surface area contributed by atoms with E-state index in [1.54, 1.807) is 29.5 Å². The van der Waals surface area contributed by atoms with Crippen LogP contribution in [0.15, 0.2) is 35.7 Å². The Kier molecular flexibility index (Phi) is 4.86. The van der Waals surface area contributed by atoms with Gasteiger partial charge in [-0.15, -0.1) is 11.3 Å². The zero-order valence-electron chi connectivity index (χ0n) is 10.3. The molecule has 2 rings (SSSR count). The summed E-state index contributed by atoms with van der Waals surface area (Å²) in [6, 6.07) is 9.15. The fourth-order valence-electron chi connectivity index (χ4n) is 1.74. The zero-order valence-corrected chi connectivity index (χ0v) is 12.6. The van der Waals surface area contributed by atoms with Crippen LogP contribution in [0.4, 0.5) is 0 Å². The molecule has 0 aliphatic heterocycles. The molecule has 0 saturated carbocycles. The van der Waals surface area contributed by atoms with Crippen molar-refractivity contribution in [2.75, 3.05) is 0 Å². The van der Waals surface area contributed by atoms with Gasteiger partial charge in [0, 0.05) is 14.9 Å². The van der Waals surface area contributed by atoms with Gasteiger partial charge in [-0.1, -0.05) is 35.3 Å². The first-order valence-electron chi connectivity index (χ1n) is 5.83. The van der Waals surface area contributed by atoms with E-state index in [-0.39, 0.29) is 18.4 Å². The van der Waals surface area contributed by atoms with Gasteiger partial charge in [0.05, 0.1) is 12.5 Å². The van der Waals surface area contributed by atoms with Crippen LogP contribution in [0.5, 0.6) is 0 Å². The minimum atomic E-state index is -0.0508. The van der Waals surface area contributed by atoms with Gasteiger partial charge in [0.25, 0.3) is 0 Å². The molecule has 0 spiro atoms. The average molecular weight is 314 g/mol. The molecule has 5 heteroatoms. The lowest BCUT2D eigenvalue weighted by atomic mass is 10.1. The Morgan fingerprint density at radius 3 is 2.79 bits per heavy atom. The quantitative estimate of drug-likeness (QED) is 0.886. The van der Waals surface area contributed by atoms with Crippen molar-refractivity contribution in [1.82, 2.24) is 5.32 Å². The summed E-state index contributed by atoms with van der Waals surface area (Å²) in [7, 11) is 0. The number of rotatable bonds is 4. The Balaban J connectivity index is 1.98. The van der Waals surface area contributed by atoms with Crippen LogP contribution in [-0.4, -0.2) is 5.91 Å². The number of benzene rings is 1. The Hall–Kier alpha value is -1.03. The van der Waals surface area contributed by atoms with Crippen LogP contribution in [0.3, 0.4) is 0 Å². The molecule has 19 heavy (non-hydrogen) atoms. The summed E-state index contributed by atoms with van der Waals surface area (Å²) in [5.74, 6) is -0.0508. The van der Waals surface area contributed by atoms with E-state index in [4.69, 9.17) is 23.2 Å². The Morgan fingerprint density at radius 2 is 2.16 bits per heavy atom. The standard InChI is InChI=1S/C14H13Cl2NOS/c1-9(13-3-2-6-19-13)17-14(18)7-10-4-5-11(15)8-12(10)16/h2-6,8-9H,7H2,1H3,(H,17,18)/t9-/m1/s1. The van der Waals surface area contributed by atoms with Gasteiger partial charge >= 0.3 is 0 Å². The highest BCUT2D eigenvalue weighted by atomic mass is 35.5. The maximum Gasteiger partial charge on any atom is 0.224 e. The summed E-state index contributed by atoms with van der Waals surface area (Å²) in [6.45, 7) is 1.97. The van der Waals surface area contributed by atoms with Crippen LogP contribution >= 0.6 is 34.5 Å². The molecule has 2 aromatic rings. The number of amides is 1. The van der Waals surface area contributed by atoms with Crippen molar-refractivity contribution < 1.29 is 4.79 Å². The molecule has 0 fully saturated rings. The summed E-state index contributed by atoms with van der Waals surface area (Å²) in [5, 5.41) is 6.04. The maximum absolute atomic E-state index is 12.0. The lowest BCUT2D eigenvalue weighted by Gasteiger charge is -2.12. The number of carbonyl (C=O) groups is 1. The molecule has 1 aromatic heterocycles. The molecule has 2 nitrogen and oxygen atoms in total. The third kappa shape index (κ3) is 3.96. The van der Waals surface area contributed by atoms with E-state index in [0.29, 0.717) is 10.0 Å². The first-order chi connectivity index (χ1) is 9.06. The van der Waals surface area contributed by atoms with Gasteiger partial charge in [-0.2, -0.15) is 0 Å². The molecule has 0 radical (unpaired) electrons. The molecule has 0 aliphatic carbocycles. The fourth-order valence-corrected chi connectivity index (χ4v) is 2.95. The van der Waals surface area contributed by atoms with E-state index in [1.165, 1.54) is 0 Å². The van der Waals surface area contributed by atoms with E-state index in [1.807, 2.05) is 24.4 Å². The zero-order chi connectivity index (χ0) is 13.8. The molecule has 1 amide bonds. The highest BCUT2D eigenvalue weighted by molar-refractivity contribution is 7.10. The maximum atomic E-state index is 12.0. The third-order valence-electron chi connectivity index (χ3n) is 2.71. The third-order valence-corrected chi connectivity index (χ3v) is 4.36. The van der Waals surface area contributed by atoms with Gasteiger partial charge in [0.15, 0.2) is 0 Å². The van der Waals surface area contributed by atoms with Crippen LogP contribution in [0.1, 0.15) is 23.4 Å². The van der Waals surface area contributed by atoms with Gasteiger partial charge in [-0.3, -0.25) is 4.79 Å². The van der Waals surface area contributed by atoms with Crippen LogP contribution in [0.25, 0.3) is 0 Å². The van der Waals surface area contributed by atoms with Crippen molar-refractivity contribution in [2.45, 2.75) is 19.4 Å². The second kappa shape index (κ2) is 6.42. The normalized spacial score (nSPS) is 12.2. The average Bonchev–Trinajstić information content (AvgIpc) is 2.86. The van der Waals surface area contributed by atoms with Crippen LogP contribution in [-0.2, 0) is 11.2 Å². The van der Waals surface area contributed by atoms with Gasteiger partial charge in [-0.25, -0.2) is 0 Å². The summed E-state index contributed by atoms with van der Waals surface area (Å²) < 4.78 is 0. The molecular weight excluding hydrogens is 301 g/mol. The number of carbonyl (C=O) groups excluding carboxylic acids is 1. The molecule has 0 saturated heterocycles.